The topological polar surface area (TPSA) is 144 Å². The lowest BCUT2D eigenvalue weighted by atomic mass is 10.1. The molecular formula is C25H29N7O3. The lowest BCUT2D eigenvalue weighted by Crippen LogP contribution is -2.25. The molecule has 0 saturated carbocycles. The van der Waals surface area contributed by atoms with Gasteiger partial charge in [-0.25, -0.2) is 9.97 Å². The number of methoxy groups -OCH3 is 2. The average molecular weight is 476 g/mol. The molecule has 10 nitrogen and oxygen atoms in total. The molecule has 2 aromatic carbocycles. The SMILES string of the molecule is COc1ccc(CCNC(=O)CCCn2ccnc2-c2nc3ccc(C(=N)N)cc3[nH]2)cc1OC. The molecule has 35 heavy (non-hydrogen) atoms. The third kappa shape index (κ3) is 5.60. The number of nitrogens with two attached hydrogens (primary N) is 1. The number of rotatable bonds is 11. The maximum atomic E-state index is 12.3. The Bertz CT molecular complexity index is 1340. The van der Waals surface area contributed by atoms with E-state index in [1.807, 2.05) is 35.0 Å². The van der Waals surface area contributed by atoms with Gasteiger partial charge >= 0.3 is 0 Å². The molecule has 0 saturated heterocycles. The number of H-pyrrole nitrogens is 1. The molecule has 182 valence electrons. The summed E-state index contributed by atoms with van der Waals surface area (Å²) in [6.07, 6.45) is 5.37. The molecule has 0 aliphatic heterocycles. The summed E-state index contributed by atoms with van der Waals surface area (Å²) in [5.41, 5.74) is 8.84. The van der Waals surface area contributed by atoms with Crippen LogP contribution in [0.25, 0.3) is 22.7 Å². The van der Waals surface area contributed by atoms with Gasteiger partial charge in [0.1, 0.15) is 5.84 Å². The van der Waals surface area contributed by atoms with Gasteiger partial charge in [0.05, 0.1) is 25.3 Å². The molecular weight excluding hydrogens is 446 g/mol. The van der Waals surface area contributed by atoms with Crippen LogP contribution in [-0.4, -0.2) is 52.0 Å². The Morgan fingerprint density at radius 1 is 1.17 bits per heavy atom. The molecule has 4 rings (SSSR count). The number of nitrogen functional groups attached to an aromatic ring is 1. The maximum Gasteiger partial charge on any atom is 0.220 e. The van der Waals surface area contributed by atoms with Gasteiger partial charge in [0, 0.05) is 37.5 Å². The molecule has 0 bridgehead atoms. The molecule has 0 radical (unpaired) electrons. The molecule has 1 amide bonds. The zero-order chi connectivity index (χ0) is 24.8. The van der Waals surface area contributed by atoms with Gasteiger partial charge in [-0.05, 0) is 48.7 Å². The molecule has 2 heterocycles. The highest BCUT2D eigenvalue weighted by Gasteiger charge is 2.13. The van der Waals surface area contributed by atoms with Crippen LogP contribution in [0.1, 0.15) is 24.0 Å². The van der Waals surface area contributed by atoms with Crippen molar-refractivity contribution in [1.82, 2.24) is 24.8 Å². The number of aromatic amines is 1. The number of fused-ring (bicyclic) bond motifs is 1. The van der Waals surface area contributed by atoms with Crippen molar-refractivity contribution in [2.24, 2.45) is 5.73 Å². The second-order valence-electron chi connectivity index (χ2n) is 8.07. The number of amidine groups is 1. The van der Waals surface area contributed by atoms with Gasteiger partial charge in [0.2, 0.25) is 5.91 Å². The second-order valence-corrected chi connectivity index (χ2v) is 8.07. The van der Waals surface area contributed by atoms with Crippen LogP contribution < -0.4 is 20.5 Å². The summed E-state index contributed by atoms with van der Waals surface area (Å²) in [5, 5.41) is 10.6. The van der Waals surface area contributed by atoms with Gasteiger partial charge in [-0.1, -0.05) is 6.07 Å². The van der Waals surface area contributed by atoms with Crippen LogP contribution >= 0.6 is 0 Å². The number of carbonyl (C=O) groups excluding carboxylic acids is 1. The number of hydrogen-bond acceptors (Lipinski definition) is 6. The molecule has 0 atom stereocenters. The maximum absolute atomic E-state index is 12.3. The fraction of sp³-hybridized carbons (Fsp3) is 0.280. The Morgan fingerprint density at radius 3 is 2.77 bits per heavy atom. The summed E-state index contributed by atoms with van der Waals surface area (Å²) in [4.78, 5) is 24.6. The lowest BCUT2D eigenvalue weighted by Gasteiger charge is -2.10. The lowest BCUT2D eigenvalue weighted by molar-refractivity contribution is -0.121. The molecule has 0 spiro atoms. The Kier molecular flexibility index (Phi) is 7.30. The van der Waals surface area contributed by atoms with Crippen LogP contribution in [0.3, 0.4) is 0 Å². The fourth-order valence-electron chi connectivity index (χ4n) is 3.87. The number of benzene rings is 2. The van der Waals surface area contributed by atoms with E-state index in [1.165, 1.54) is 0 Å². The van der Waals surface area contributed by atoms with Crippen molar-refractivity contribution in [3.8, 4) is 23.1 Å². The van der Waals surface area contributed by atoms with Gasteiger partial charge < -0.3 is 30.1 Å². The summed E-state index contributed by atoms with van der Waals surface area (Å²) in [6.45, 7) is 1.18. The smallest absolute Gasteiger partial charge is 0.220 e. The summed E-state index contributed by atoms with van der Waals surface area (Å²) >= 11 is 0. The molecule has 0 fully saturated rings. The molecule has 0 aliphatic carbocycles. The first-order valence-electron chi connectivity index (χ1n) is 11.3. The van der Waals surface area contributed by atoms with Crippen molar-refractivity contribution < 1.29 is 14.3 Å². The minimum absolute atomic E-state index is 0.00607. The van der Waals surface area contributed by atoms with Gasteiger partial charge in [-0.2, -0.15) is 0 Å². The number of aromatic nitrogens is 4. The van der Waals surface area contributed by atoms with E-state index in [1.54, 1.807) is 32.5 Å². The van der Waals surface area contributed by atoms with Crippen LogP contribution in [-0.2, 0) is 17.8 Å². The summed E-state index contributed by atoms with van der Waals surface area (Å²) in [7, 11) is 3.21. The van der Waals surface area contributed by atoms with E-state index >= 15 is 0 Å². The predicted molar refractivity (Wildman–Crippen MR) is 134 cm³/mol. The minimum atomic E-state index is 0.00607. The van der Waals surface area contributed by atoms with Crippen molar-refractivity contribution in [2.45, 2.75) is 25.8 Å². The van der Waals surface area contributed by atoms with Crippen LogP contribution in [0.15, 0.2) is 48.8 Å². The Morgan fingerprint density at radius 2 is 2.00 bits per heavy atom. The highest BCUT2D eigenvalue weighted by Crippen LogP contribution is 2.27. The van der Waals surface area contributed by atoms with Gasteiger partial charge in [0.15, 0.2) is 23.1 Å². The van der Waals surface area contributed by atoms with Crippen molar-refractivity contribution in [2.75, 3.05) is 20.8 Å². The minimum Gasteiger partial charge on any atom is -0.493 e. The third-order valence-corrected chi connectivity index (χ3v) is 5.71. The largest absolute Gasteiger partial charge is 0.493 e. The summed E-state index contributed by atoms with van der Waals surface area (Å²) in [6, 6.07) is 11.1. The van der Waals surface area contributed by atoms with Crippen molar-refractivity contribution in [1.29, 1.82) is 5.41 Å². The normalized spacial score (nSPS) is 10.9. The first-order valence-corrected chi connectivity index (χ1v) is 11.3. The van der Waals surface area contributed by atoms with E-state index < -0.39 is 0 Å². The fourth-order valence-corrected chi connectivity index (χ4v) is 3.87. The molecule has 0 aliphatic rings. The number of nitrogens with zero attached hydrogens (tertiary/aromatic N) is 3. The van der Waals surface area contributed by atoms with Crippen LogP contribution in [0.4, 0.5) is 0 Å². The molecule has 5 N–H and O–H groups in total. The number of aryl methyl sites for hydroxylation is 1. The first kappa shape index (κ1) is 23.8. The quantitative estimate of drug-likeness (QED) is 0.194. The van der Waals surface area contributed by atoms with E-state index in [0.717, 1.165) is 16.6 Å². The van der Waals surface area contributed by atoms with Crippen LogP contribution in [0.2, 0.25) is 0 Å². The van der Waals surface area contributed by atoms with Crippen molar-refractivity contribution in [3.63, 3.8) is 0 Å². The Balaban J connectivity index is 1.28. The van der Waals surface area contributed by atoms with Crippen LogP contribution in [0.5, 0.6) is 11.5 Å². The van der Waals surface area contributed by atoms with E-state index in [4.69, 9.17) is 20.6 Å². The van der Waals surface area contributed by atoms with E-state index in [2.05, 4.69) is 20.3 Å². The molecule has 0 unspecified atom stereocenters. The molecule has 4 aromatic rings. The monoisotopic (exact) mass is 475 g/mol. The highest BCUT2D eigenvalue weighted by atomic mass is 16.5. The van der Waals surface area contributed by atoms with Crippen molar-refractivity contribution >= 4 is 22.8 Å². The third-order valence-electron chi connectivity index (χ3n) is 5.71. The number of ether oxygens (including phenoxy) is 2. The van der Waals surface area contributed by atoms with Gasteiger partial charge in [0.25, 0.3) is 0 Å². The number of nitrogens with one attached hydrogen (secondary N) is 3. The Hall–Kier alpha value is -4.34. The number of imidazole rings is 2. The summed E-state index contributed by atoms with van der Waals surface area (Å²) < 4.78 is 12.6. The number of amides is 1. The van der Waals surface area contributed by atoms with E-state index in [-0.39, 0.29) is 11.7 Å². The van der Waals surface area contributed by atoms with Crippen molar-refractivity contribution in [3.05, 3.63) is 59.9 Å². The van der Waals surface area contributed by atoms with Gasteiger partial charge in [-0.3, -0.25) is 10.2 Å². The molecule has 2 aromatic heterocycles. The zero-order valence-corrected chi connectivity index (χ0v) is 19.8. The standard InChI is InChI=1S/C25H29N7O3/c1-34-20-8-5-16(14-21(20)35-2)9-10-28-22(33)4-3-12-32-13-11-29-25(32)24-30-18-7-6-17(23(26)27)15-19(18)31-24/h5-8,11,13-15H,3-4,9-10,12H2,1-2H3,(H3,26,27)(H,28,33)(H,30,31). The number of hydrogen-bond donors (Lipinski definition) is 4. The second kappa shape index (κ2) is 10.7. The number of carbonyl (C=O) groups is 1. The predicted octanol–water partition coefficient (Wildman–Crippen LogP) is 2.87. The van der Waals surface area contributed by atoms with E-state index in [9.17, 15) is 4.79 Å². The first-order chi connectivity index (χ1) is 17.0. The van der Waals surface area contributed by atoms with Crippen LogP contribution in [0, 0.1) is 5.41 Å². The average Bonchev–Trinajstić information content (AvgIpc) is 3.50. The zero-order valence-electron chi connectivity index (χ0n) is 19.8. The van der Waals surface area contributed by atoms with Gasteiger partial charge in [-0.15, -0.1) is 0 Å². The Labute approximate surface area is 203 Å². The molecule has 10 heteroatoms. The highest BCUT2D eigenvalue weighted by molar-refractivity contribution is 5.98. The van der Waals surface area contributed by atoms with E-state index in [0.29, 0.717) is 61.1 Å². The summed E-state index contributed by atoms with van der Waals surface area (Å²) in [5.74, 6) is 2.70.